The molecule has 0 saturated carbocycles. The van der Waals surface area contributed by atoms with Gasteiger partial charge in [-0.25, -0.2) is 8.78 Å². The lowest BCUT2D eigenvalue weighted by atomic mass is 9.72. The average molecular weight is 524 g/mol. The van der Waals surface area contributed by atoms with Gasteiger partial charge in [0.25, 0.3) is 0 Å². The van der Waals surface area contributed by atoms with Crippen LogP contribution in [0.25, 0.3) is 0 Å². The Labute approximate surface area is 223 Å². The molecule has 3 aromatic rings. The highest BCUT2D eigenvalue weighted by Gasteiger charge is 2.40. The first-order valence-electron chi connectivity index (χ1n) is 13.1. The third-order valence-electron chi connectivity index (χ3n) is 7.44. The van der Waals surface area contributed by atoms with E-state index in [1.165, 1.54) is 31.2 Å². The molecule has 1 aliphatic rings. The number of piperidine rings is 1. The number of ether oxygens (including phenoxy) is 2. The van der Waals surface area contributed by atoms with Gasteiger partial charge in [-0.3, -0.25) is 4.79 Å². The van der Waals surface area contributed by atoms with Crippen LogP contribution < -0.4 is 9.47 Å². The first-order valence-corrected chi connectivity index (χ1v) is 13.1. The largest absolute Gasteiger partial charge is 0.493 e. The summed E-state index contributed by atoms with van der Waals surface area (Å²) >= 11 is 0. The lowest BCUT2D eigenvalue weighted by Crippen LogP contribution is -2.45. The summed E-state index contributed by atoms with van der Waals surface area (Å²) in [5.74, 6) is 0.447. The van der Waals surface area contributed by atoms with E-state index in [9.17, 15) is 18.7 Å². The normalized spacial score (nSPS) is 16.1. The molecular weight excluding hydrogens is 488 g/mol. The number of benzene rings is 3. The number of nitrogens with zero attached hydrogens (tertiary/aromatic N) is 1. The van der Waals surface area contributed by atoms with Crippen molar-refractivity contribution in [3.8, 4) is 11.5 Å². The van der Waals surface area contributed by atoms with E-state index >= 15 is 0 Å². The van der Waals surface area contributed by atoms with Crippen molar-refractivity contribution >= 4 is 5.78 Å². The molecule has 1 unspecified atom stereocenters. The monoisotopic (exact) mass is 523 g/mol. The highest BCUT2D eigenvalue weighted by molar-refractivity contribution is 5.94. The zero-order chi connectivity index (χ0) is 27.1. The number of methoxy groups -OCH3 is 1. The van der Waals surface area contributed by atoms with Crippen molar-refractivity contribution in [3.63, 3.8) is 0 Å². The topological polar surface area (TPSA) is 59.0 Å². The van der Waals surface area contributed by atoms with Crippen molar-refractivity contribution in [3.05, 3.63) is 95.1 Å². The predicted molar refractivity (Wildman–Crippen MR) is 143 cm³/mol. The summed E-state index contributed by atoms with van der Waals surface area (Å²) in [6.45, 7) is 4.54. The van der Waals surface area contributed by atoms with Crippen LogP contribution in [0.2, 0.25) is 0 Å². The van der Waals surface area contributed by atoms with Gasteiger partial charge in [-0.2, -0.15) is 0 Å². The number of likely N-dealkylation sites (tertiary alicyclic amines) is 1. The van der Waals surface area contributed by atoms with E-state index in [0.29, 0.717) is 35.7 Å². The highest BCUT2D eigenvalue weighted by Crippen LogP contribution is 2.39. The molecule has 1 atom stereocenters. The smallest absolute Gasteiger partial charge is 0.161 e. The number of hydrogen-bond acceptors (Lipinski definition) is 5. The molecule has 38 heavy (non-hydrogen) atoms. The molecule has 0 aliphatic carbocycles. The van der Waals surface area contributed by atoms with E-state index < -0.39 is 5.60 Å². The number of carbonyl (C=O) groups is 1. The third kappa shape index (κ3) is 6.77. The first kappa shape index (κ1) is 27.7. The molecule has 0 bridgehead atoms. The van der Waals surface area contributed by atoms with E-state index in [0.717, 1.165) is 44.5 Å². The molecule has 4 rings (SSSR count). The number of aliphatic hydroxyl groups is 1. The fraction of sp³-hybridized carbons (Fsp3) is 0.387. The molecule has 0 aromatic heterocycles. The van der Waals surface area contributed by atoms with Crippen molar-refractivity contribution in [1.29, 1.82) is 0 Å². The SMILES string of the molecule is COc1cc(C(C)=O)ccc1OCCCN1CCC(C(O)(Cc2ccc(F)cc2)c2ccc(F)cc2)CC1. The standard InChI is InChI=1S/C31H35F2NO4/c1-22(35)24-6-13-29(30(20-24)37-2)38-19-3-16-34-17-14-26(15-18-34)31(36,25-7-11-28(33)12-8-25)21-23-4-9-27(32)10-5-23/h4-13,20,26,36H,3,14-19,21H2,1-2H3. The Morgan fingerprint density at radius 1 is 0.974 bits per heavy atom. The van der Waals surface area contributed by atoms with E-state index in [2.05, 4.69) is 4.90 Å². The molecule has 0 radical (unpaired) electrons. The molecule has 7 heteroatoms. The number of carbonyl (C=O) groups excluding carboxylic acids is 1. The van der Waals surface area contributed by atoms with Crippen molar-refractivity contribution in [1.82, 2.24) is 4.90 Å². The van der Waals surface area contributed by atoms with Crippen molar-refractivity contribution in [2.75, 3.05) is 33.4 Å². The zero-order valence-electron chi connectivity index (χ0n) is 22.0. The van der Waals surface area contributed by atoms with Gasteiger partial charge >= 0.3 is 0 Å². The Morgan fingerprint density at radius 2 is 1.61 bits per heavy atom. The first-order chi connectivity index (χ1) is 18.3. The van der Waals surface area contributed by atoms with Crippen LogP contribution in [-0.4, -0.2) is 49.1 Å². The molecule has 1 N–H and O–H groups in total. The summed E-state index contributed by atoms with van der Waals surface area (Å²) in [4.78, 5) is 14.0. The molecule has 1 fully saturated rings. The molecular formula is C31H35F2NO4. The van der Waals surface area contributed by atoms with Crippen LogP contribution in [0.15, 0.2) is 66.7 Å². The summed E-state index contributed by atoms with van der Waals surface area (Å²) < 4.78 is 38.4. The number of rotatable bonds is 11. The Bertz CT molecular complexity index is 1210. The molecule has 0 spiro atoms. The van der Waals surface area contributed by atoms with Crippen LogP contribution in [0, 0.1) is 17.6 Å². The van der Waals surface area contributed by atoms with Gasteiger partial charge in [0.1, 0.15) is 11.6 Å². The van der Waals surface area contributed by atoms with Crippen LogP contribution in [0.5, 0.6) is 11.5 Å². The summed E-state index contributed by atoms with van der Waals surface area (Å²) in [6, 6.07) is 17.4. The lowest BCUT2D eigenvalue weighted by molar-refractivity contribution is -0.0489. The number of hydrogen-bond donors (Lipinski definition) is 1. The summed E-state index contributed by atoms with van der Waals surface area (Å²) in [7, 11) is 1.56. The van der Waals surface area contributed by atoms with E-state index in [4.69, 9.17) is 9.47 Å². The molecule has 1 saturated heterocycles. The van der Waals surface area contributed by atoms with Crippen molar-refractivity contribution in [2.24, 2.45) is 5.92 Å². The Kier molecular flexibility index (Phi) is 9.13. The number of Topliss-reactive ketones (excluding diaryl/α,β-unsaturated/α-hetero) is 1. The minimum Gasteiger partial charge on any atom is -0.493 e. The maximum absolute atomic E-state index is 13.6. The van der Waals surface area contributed by atoms with Gasteiger partial charge in [0.05, 0.1) is 19.3 Å². The second-order valence-electron chi connectivity index (χ2n) is 9.97. The summed E-state index contributed by atoms with van der Waals surface area (Å²) in [6.07, 6.45) is 2.73. The predicted octanol–water partition coefficient (Wildman–Crippen LogP) is 5.79. The Hall–Kier alpha value is -3.29. The average Bonchev–Trinajstić information content (AvgIpc) is 2.93. The quantitative estimate of drug-likeness (QED) is 0.255. The maximum Gasteiger partial charge on any atom is 0.161 e. The van der Waals surface area contributed by atoms with Crippen LogP contribution >= 0.6 is 0 Å². The van der Waals surface area contributed by atoms with E-state index in [1.54, 1.807) is 49.6 Å². The van der Waals surface area contributed by atoms with Crippen molar-refractivity contribution in [2.45, 2.75) is 38.2 Å². The fourth-order valence-electron chi connectivity index (χ4n) is 5.24. The fourth-order valence-corrected chi connectivity index (χ4v) is 5.24. The van der Waals surface area contributed by atoms with E-state index in [-0.39, 0.29) is 23.3 Å². The molecule has 0 amide bonds. The summed E-state index contributed by atoms with van der Waals surface area (Å²) in [5.41, 5.74) is 0.921. The van der Waals surface area contributed by atoms with Crippen LogP contribution in [0.1, 0.15) is 47.7 Å². The Balaban J connectivity index is 1.33. The van der Waals surface area contributed by atoms with Crippen LogP contribution in [0.4, 0.5) is 8.78 Å². The molecule has 202 valence electrons. The van der Waals surface area contributed by atoms with Crippen LogP contribution in [-0.2, 0) is 12.0 Å². The van der Waals surface area contributed by atoms with Gasteiger partial charge < -0.3 is 19.5 Å². The number of halogens is 2. The van der Waals surface area contributed by atoms with E-state index in [1.807, 2.05) is 0 Å². The second-order valence-corrected chi connectivity index (χ2v) is 9.97. The minimum atomic E-state index is -1.18. The van der Waals surface area contributed by atoms with Gasteiger partial charge in [0.2, 0.25) is 0 Å². The van der Waals surface area contributed by atoms with Crippen LogP contribution in [0.3, 0.4) is 0 Å². The van der Waals surface area contributed by atoms with Crippen molar-refractivity contribution < 1.29 is 28.2 Å². The minimum absolute atomic E-state index is 0.0189. The summed E-state index contributed by atoms with van der Waals surface area (Å²) in [5, 5.41) is 12.0. The maximum atomic E-state index is 13.6. The van der Waals surface area contributed by atoms with Gasteiger partial charge in [0, 0.05) is 18.5 Å². The molecule has 1 aliphatic heterocycles. The van der Waals surface area contributed by atoms with Gasteiger partial charge in [-0.15, -0.1) is 0 Å². The lowest BCUT2D eigenvalue weighted by Gasteiger charge is -2.42. The highest BCUT2D eigenvalue weighted by atomic mass is 19.1. The van der Waals surface area contributed by atoms with Gasteiger partial charge in [-0.1, -0.05) is 24.3 Å². The molecule has 5 nitrogen and oxygen atoms in total. The number of ketones is 1. The second kappa shape index (κ2) is 12.5. The van der Waals surface area contributed by atoms with Gasteiger partial charge in [-0.05, 0) is 98.8 Å². The Morgan fingerprint density at radius 3 is 2.21 bits per heavy atom. The van der Waals surface area contributed by atoms with Gasteiger partial charge in [0.15, 0.2) is 17.3 Å². The molecule has 1 heterocycles. The zero-order valence-corrected chi connectivity index (χ0v) is 22.0. The molecule has 3 aromatic carbocycles. The third-order valence-corrected chi connectivity index (χ3v) is 7.44.